The fourth-order valence-electron chi connectivity index (χ4n) is 1.95. The third-order valence-electron chi connectivity index (χ3n) is 2.94. The van der Waals surface area contributed by atoms with Crippen LogP contribution in [0.2, 0.25) is 0 Å². The van der Waals surface area contributed by atoms with E-state index in [1.165, 1.54) is 24.4 Å². The van der Waals surface area contributed by atoms with Gasteiger partial charge in [0, 0.05) is 30.0 Å². The van der Waals surface area contributed by atoms with E-state index in [1.54, 1.807) is 0 Å². The van der Waals surface area contributed by atoms with Crippen LogP contribution in [-0.2, 0) is 0 Å². The van der Waals surface area contributed by atoms with Crippen molar-refractivity contribution in [1.29, 1.82) is 0 Å². The Hall–Kier alpha value is -1.95. The average Bonchev–Trinajstić information content (AvgIpc) is 2.84. The summed E-state index contributed by atoms with van der Waals surface area (Å²) >= 11 is 0. The molecule has 1 unspecified atom stereocenters. The van der Waals surface area contributed by atoms with Crippen molar-refractivity contribution in [1.82, 2.24) is 5.32 Å². The van der Waals surface area contributed by atoms with E-state index >= 15 is 0 Å². The molecular formula is C12H15N3O3. The Morgan fingerprint density at radius 2 is 2.44 bits per heavy atom. The lowest BCUT2D eigenvalue weighted by atomic mass is 10.2. The molecule has 0 spiro atoms. The summed E-state index contributed by atoms with van der Waals surface area (Å²) in [6.45, 7) is 1.64. The summed E-state index contributed by atoms with van der Waals surface area (Å²) in [5, 5.41) is 23.5. The van der Waals surface area contributed by atoms with E-state index in [9.17, 15) is 15.2 Å². The Kier molecular flexibility index (Phi) is 3.88. The largest absolute Gasteiger partial charge is 0.507 e. The van der Waals surface area contributed by atoms with Crippen LogP contribution in [0, 0.1) is 10.1 Å². The normalized spacial score (nSPS) is 19.4. The van der Waals surface area contributed by atoms with Crippen LogP contribution in [0.1, 0.15) is 18.4 Å². The molecule has 0 radical (unpaired) electrons. The number of aliphatic imine (C=N–C) groups is 1. The van der Waals surface area contributed by atoms with Gasteiger partial charge in [0.1, 0.15) is 5.75 Å². The summed E-state index contributed by atoms with van der Waals surface area (Å²) in [5.41, 5.74) is 0.329. The van der Waals surface area contributed by atoms with Crippen molar-refractivity contribution in [3.05, 3.63) is 33.9 Å². The lowest BCUT2D eigenvalue weighted by Gasteiger charge is -2.05. The summed E-state index contributed by atoms with van der Waals surface area (Å²) in [4.78, 5) is 14.3. The predicted octanol–water partition coefficient (Wildman–Crippen LogP) is 1.47. The number of nitro benzene ring substituents is 1. The molecule has 1 aromatic carbocycles. The van der Waals surface area contributed by atoms with Crippen LogP contribution in [0.5, 0.6) is 5.75 Å². The van der Waals surface area contributed by atoms with Crippen molar-refractivity contribution in [2.75, 3.05) is 13.1 Å². The highest BCUT2D eigenvalue weighted by atomic mass is 16.6. The molecule has 0 saturated carbocycles. The van der Waals surface area contributed by atoms with E-state index in [0.717, 1.165) is 19.4 Å². The number of nitrogens with one attached hydrogen (secondary N) is 1. The second-order valence-electron chi connectivity index (χ2n) is 4.29. The van der Waals surface area contributed by atoms with Crippen LogP contribution in [0.25, 0.3) is 0 Å². The SMILES string of the molecule is O=[N+]([O-])c1ccc(O)c(C=NCC2CCCN2)c1. The van der Waals surface area contributed by atoms with Gasteiger partial charge in [0.2, 0.25) is 0 Å². The molecule has 0 aliphatic carbocycles. The maximum atomic E-state index is 10.6. The Morgan fingerprint density at radius 3 is 3.11 bits per heavy atom. The molecule has 0 aromatic heterocycles. The topological polar surface area (TPSA) is 87.8 Å². The van der Waals surface area contributed by atoms with E-state index < -0.39 is 4.92 Å². The molecule has 1 aliphatic rings. The highest BCUT2D eigenvalue weighted by Gasteiger charge is 2.13. The Bertz CT molecular complexity index is 468. The van der Waals surface area contributed by atoms with Gasteiger partial charge in [0.25, 0.3) is 5.69 Å². The van der Waals surface area contributed by atoms with Gasteiger partial charge in [-0.1, -0.05) is 0 Å². The van der Waals surface area contributed by atoms with Crippen molar-refractivity contribution in [3.63, 3.8) is 0 Å². The van der Waals surface area contributed by atoms with E-state index in [2.05, 4.69) is 10.3 Å². The summed E-state index contributed by atoms with van der Waals surface area (Å²) < 4.78 is 0. The Balaban J connectivity index is 2.04. The zero-order valence-corrected chi connectivity index (χ0v) is 9.87. The van der Waals surface area contributed by atoms with Crippen molar-refractivity contribution in [2.45, 2.75) is 18.9 Å². The molecule has 6 nitrogen and oxygen atoms in total. The molecule has 0 bridgehead atoms. The first-order chi connectivity index (χ1) is 8.66. The van der Waals surface area contributed by atoms with E-state index in [4.69, 9.17) is 0 Å². The number of non-ortho nitro benzene ring substituents is 1. The van der Waals surface area contributed by atoms with Crippen LogP contribution in [0.4, 0.5) is 5.69 Å². The number of aromatic hydroxyl groups is 1. The number of nitrogens with zero attached hydrogens (tertiary/aromatic N) is 2. The van der Waals surface area contributed by atoms with Gasteiger partial charge in [-0.05, 0) is 25.5 Å². The summed E-state index contributed by atoms with van der Waals surface area (Å²) in [5.74, 6) is 0.00345. The highest BCUT2D eigenvalue weighted by molar-refractivity contribution is 5.84. The van der Waals surface area contributed by atoms with Crippen LogP contribution in [-0.4, -0.2) is 35.4 Å². The van der Waals surface area contributed by atoms with E-state index in [-0.39, 0.29) is 11.4 Å². The quantitative estimate of drug-likeness (QED) is 0.480. The van der Waals surface area contributed by atoms with Crippen LogP contribution in [0.15, 0.2) is 23.2 Å². The van der Waals surface area contributed by atoms with Gasteiger partial charge >= 0.3 is 0 Å². The number of hydrogen-bond donors (Lipinski definition) is 2. The maximum absolute atomic E-state index is 10.6. The molecule has 6 heteroatoms. The first kappa shape index (κ1) is 12.5. The molecule has 1 fully saturated rings. The monoisotopic (exact) mass is 249 g/mol. The Labute approximate surface area is 105 Å². The van der Waals surface area contributed by atoms with Crippen LogP contribution >= 0.6 is 0 Å². The van der Waals surface area contributed by atoms with Gasteiger partial charge in [0.15, 0.2) is 0 Å². The van der Waals surface area contributed by atoms with Gasteiger partial charge in [-0.3, -0.25) is 15.1 Å². The van der Waals surface area contributed by atoms with Gasteiger partial charge in [-0.25, -0.2) is 0 Å². The Morgan fingerprint density at radius 1 is 1.61 bits per heavy atom. The number of phenolic OH excluding ortho intramolecular Hbond substituents is 1. The smallest absolute Gasteiger partial charge is 0.270 e. The number of hydrogen-bond acceptors (Lipinski definition) is 5. The average molecular weight is 249 g/mol. The fraction of sp³-hybridized carbons (Fsp3) is 0.417. The third-order valence-corrected chi connectivity index (χ3v) is 2.94. The summed E-state index contributed by atoms with van der Waals surface area (Å²) in [6.07, 6.45) is 3.74. The summed E-state index contributed by atoms with van der Waals surface area (Å²) in [7, 11) is 0. The molecule has 1 aliphatic heterocycles. The zero-order valence-electron chi connectivity index (χ0n) is 9.87. The second-order valence-corrected chi connectivity index (χ2v) is 4.29. The fourth-order valence-corrected chi connectivity index (χ4v) is 1.95. The lowest BCUT2D eigenvalue weighted by Crippen LogP contribution is -2.24. The molecule has 1 saturated heterocycles. The second kappa shape index (κ2) is 5.59. The van der Waals surface area contributed by atoms with E-state index in [0.29, 0.717) is 18.2 Å². The number of nitro groups is 1. The molecule has 1 aromatic rings. The molecule has 18 heavy (non-hydrogen) atoms. The standard InChI is InChI=1S/C12H15N3O3/c16-12-4-3-11(15(17)18)6-9(12)7-13-8-10-2-1-5-14-10/h3-4,6-7,10,14,16H,1-2,5,8H2. The number of rotatable bonds is 4. The molecule has 0 amide bonds. The molecule has 2 rings (SSSR count). The van der Waals surface area contributed by atoms with E-state index in [1.807, 2.05) is 0 Å². The van der Waals surface area contributed by atoms with Crippen LogP contribution < -0.4 is 5.32 Å². The minimum Gasteiger partial charge on any atom is -0.507 e. The molecule has 1 heterocycles. The molecule has 1 atom stereocenters. The van der Waals surface area contributed by atoms with Crippen molar-refractivity contribution in [2.24, 2.45) is 4.99 Å². The van der Waals surface area contributed by atoms with Crippen molar-refractivity contribution in [3.8, 4) is 5.75 Å². The van der Waals surface area contributed by atoms with Gasteiger partial charge in [-0.15, -0.1) is 0 Å². The number of benzene rings is 1. The zero-order chi connectivity index (χ0) is 13.0. The first-order valence-electron chi connectivity index (χ1n) is 5.87. The predicted molar refractivity (Wildman–Crippen MR) is 68.2 cm³/mol. The minimum atomic E-state index is -0.491. The van der Waals surface area contributed by atoms with Crippen molar-refractivity contribution < 1.29 is 10.0 Å². The molecule has 96 valence electrons. The van der Waals surface area contributed by atoms with Gasteiger partial charge < -0.3 is 10.4 Å². The van der Waals surface area contributed by atoms with Gasteiger partial charge in [0.05, 0.1) is 11.5 Å². The molecule has 2 N–H and O–H groups in total. The minimum absolute atomic E-state index is 0.00345. The highest BCUT2D eigenvalue weighted by Crippen LogP contribution is 2.21. The van der Waals surface area contributed by atoms with Crippen molar-refractivity contribution >= 4 is 11.9 Å². The summed E-state index contributed by atoms with van der Waals surface area (Å²) in [6, 6.07) is 4.28. The lowest BCUT2D eigenvalue weighted by molar-refractivity contribution is -0.384. The maximum Gasteiger partial charge on any atom is 0.270 e. The van der Waals surface area contributed by atoms with Crippen LogP contribution in [0.3, 0.4) is 0 Å². The third kappa shape index (κ3) is 3.04. The molecular weight excluding hydrogens is 234 g/mol. The van der Waals surface area contributed by atoms with Gasteiger partial charge in [-0.2, -0.15) is 0 Å². The number of phenols is 1. The first-order valence-corrected chi connectivity index (χ1v) is 5.87.